The molecule has 0 radical (unpaired) electrons. The van der Waals surface area contributed by atoms with Gasteiger partial charge in [-0.2, -0.15) is 26.3 Å². The molecule has 0 saturated heterocycles. The first-order valence-electron chi connectivity index (χ1n) is 9.60. The second kappa shape index (κ2) is 7.12. The van der Waals surface area contributed by atoms with Crippen LogP contribution in [0.4, 0.5) is 26.3 Å². The van der Waals surface area contributed by atoms with Crippen LogP contribution in [0, 0.1) is 0 Å². The minimum atomic E-state index is -4.44. The maximum atomic E-state index is 13.0. The minimum absolute atomic E-state index is 0.619. The molecule has 3 aromatic carbocycles. The second-order valence-corrected chi connectivity index (χ2v) is 12.4. The molecular weight excluding hydrogens is 430 g/mol. The molecule has 160 valence electrons. The molecule has 1 heterocycles. The molecule has 0 nitrogen and oxygen atoms in total. The molecule has 1 aliphatic rings. The van der Waals surface area contributed by atoms with Gasteiger partial charge in [0.2, 0.25) is 0 Å². The summed E-state index contributed by atoms with van der Waals surface area (Å²) in [5.74, 6) is 0. The van der Waals surface area contributed by atoms with E-state index in [9.17, 15) is 26.3 Å². The van der Waals surface area contributed by atoms with Crippen LogP contribution in [0.3, 0.4) is 0 Å². The molecule has 4 rings (SSSR count). The molecule has 0 spiro atoms. The smallest absolute Gasteiger partial charge is 0.166 e. The van der Waals surface area contributed by atoms with Gasteiger partial charge >= 0.3 is 12.4 Å². The van der Waals surface area contributed by atoms with Crippen LogP contribution in [-0.2, 0) is 12.4 Å². The van der Waals surface area contributed by atoms with E-state index in [4.69, 9.17) is 0 Å². The van der Waals surface area contributed by atoms with Crippen LogP contribution in [0.25, 0.3) is 10.8 Å². The van der Waals surface area contributed by atoms with Gasteiger partial charge in [0.15, 0.2) is 0 Å². The van der Waals surface area contributed by atoms with Crippen molar-refractivity contribution in [3.8, 4) is 0 Å². The summed E-state index contributed by atoms with van der Waals surface area (Å²) >= 11 is 0. The van der Waals surface area contributed by atoms with E-state index in [1.54, 1.807) is 0 Å². The van der Waals surface area contributed by atoms with Crippen LogP contribution < -0.4 is 5.19 Å². The quantitative estimate of drug-likeness (QED) is 0.288. The van der Waals surface area contributed by atoms with E-state index < -0.39 is 31.6 Å². The van der Waals surface area contributed by atoms with E-state index in [-0.39, 0.29) is 0 Å². The molecular formula is C24H18F6Si. The monoisotopic (exact) mass is 448 g/mol. The third-order valence-electron chi connectivity index (χ3n) is 5.75. The summed E-state index contributed by atoms with van der Waals surface area (Å²) in [7, 11) is -2.31. The zero-order chi connectivity index (χ0) is 22.6. The van der Waals surface area contributed by atoms with E-state index in [0.29, 0.717) is 11.1 Å². The lowest BCUT2D eigenvalue weighted by Crippen LogP contribution is -2.40. The number of hydrogen-bond acceptors (Lipinski definition) is 0. The van der Waals surface area contributed by atoms with Crippen molar-refractivity contribution in [1.82, 2.24) is 0 Å². The Bertz CT molecular complexity index is 1150. The maximum absolute atomic E-state index is 13.0. The van der Waals surface area contributed by atoms with Crippen molar-refractivity contribution in [1.29, 1.82) is 0 Å². The Morgan fingerprint density at radius 3 is 1.52 bits per heavy atom. The first-order valence-corrected chi connectivity index (χ1v) is 12.6. The van der Waals surface area contributed by atoms with Crippen LogP contribution in [0.1, 0.15) is 27.8 Å². The molecule has 0 atom stereocenters. The number of benzene rings is 3. The third-order valence-corrected chi connectivity index (χ3v) is 9.32. The summed E-state index contributed by atoms with van der Waals surface area (Å²) in [4.78, 5) is 0. The molecule has 0 fully saturated rings. The molecule has 0 N–H and O–H groups in total. The Morgan fingerprint density at radius 2 is 1.03 bits per heavy atom. The molecule has 0 unspecified atom stereocenters. The van der Waals surface area contributed by atoms with Crippen LogP contribution in [0.5, 0.6) is 0 Å². The Hall–Kier alpha value is -2.80. The van der Waals surface area contributed by atoms with Crippen LogP contribution in [-0.4, -0.2) is 8.07 Å². The highest BCUT2D eigenvalue weighted by atomic mass is 28.3. The predicted molar refractivity (Wildman–Crippen MR) is 112 cm³/mol. The average Bonchev–Trinajstić information content (AvgIpc) is 2.94. The molecule has 0 aromatic heterocycles. The Kier molecular flexibility index (Phi) is 4.92. The molecule has 31 heavy (non-hydrogen) atoms. The fraction of sp³-hybridized carbons (Fsp3) is 0.167. The number of fused-ring (bicyclic) bond motifs is 1. The first kappa shape index (κ1) is 21.4. The van der Waals surface area contributed by atoms with Gasteiger partial charge in [0.05, 0.1) is 11.1 Å². The molecule has 7 heteroatoms. The highest BCUT2D eigenvalue weighted by Gasteiger charge is 2.41. The third kappa shape index (κ3) is 3.71. The van der Waals surface area contributed by atoms with Crippen molar-refractivity contribution in [2.45, 2.75) is 25.4 Å². The van der Waals surface area contributed by atoms with Gasteiger partial charge < -0.3 is 0 Å². The molecule has 0 bridgehead atoms. The fourth-order valence-electron chi connectivity index (χ4n) is 4.28. The van der Waals surface area contributed by atoms with Crippen molar-refractivity contribution in [2.75, 3.05) is 0 Å². The minimum Gasteiger partial charge on any atom is -0.166 e. The predicted octanol–water partition coefficient (Wildman–Crippen LogP) is 7.15. The van der Waals surface area contributed by atoms with Gasteiger partial charge in [0.1, 0.15) is 8.07 Å². The second-order valence-electron chi connectivity index (χ2n) is 8.07. The SMILES string of the molecule is C[Si]1(C)C(c2ccc(C(F)(F)F)cc2)=C(c2ccc(C(F)(F)F)cc2)c2ccccc21. The lowest BCUT2D eigenvalue weighted by molar-refractivity contribution is -0.138. The number of hydrogen-bond donors (Lipinski definition) is 0. The summed E-state index contributed by atoms with van der Waals surface area (Å²) < 4.78 is 78.2. The van der Waals surface area contributed by atoms with Crippen molar-refractivity contribution < 1.29 is 26.3 Å². The van der Waals surface area contributed by atoms with Crippen molar-refractivity contribution >= 4 is 24.0 Å². The van der Waals surface area contributed by atoms with E-state index in [1.165, 1.54) is 24.3 Å². The highest BCUT2D eigenvalue weighted by molar-refractivity contribution is 7.08. The van der Waals surface area contributed by atoms with Gasteiger partial charge in [0, 0.05) is 0 Å². The number of alkyl halides is 6. The maximum Gasteiger partial charge on any atom is 0.416 e. The van der Waals surface area contributed by atoms with Gasteiger partial charge in [0.25, 0.3) is 0 Å². The average molecular weight is 448 g/mol. The van der Waals surface area contributed by atoms with E-state index in [2.05, 4.69) is 13.1 Å². The largest absolute Gasteiger partial charge is 0.416 e. The van der Waals surface area contributed by atoms with Crippen molar-refractivity contribution in [2.24, 2.45) is 0 Å². The van der Waals surface area contributed by atoms with Gasteiger partial charge in [-0.05, 0) is 56.9 Å². The van der Waals surface area contributed by atoms with Crippen LogP contribution in [0.15, 0.2) is 72.8 Å². The molecule has 0 saturated carbocycles. The molecule has 0 aliphatic carbocycles. The standard InChI is InChI=1S/C24H18F6Si/c1-31(2)20-6-4-3-5-19(20)21(15-7-11-17(12-8-15)23(25,26)27)22(31)16-9-13-18(14-10-16)24(28,29)30/h3-14H,1-2H3. The van der Waals surface area contributed by atoms with E-state index >= 15 is 0 Å². The number of rotatable bonds is 2. The summed E-state index contributed by atoms with van der Waals surface area (Å²) in [5.41, 5.74) is 1.53. The lowest BCUT2D eigenvalue weighted by Gasteiger charge is -2.23. The lowest BCUT2D eigenvalue weighted by atomic mass is 9.94. The summed E-state index contributed by atoms with van der Waals surface area (Å²) in [5, 5.41) is 2.03. The Labute approximate surface area is 176 Å². The van der Waals surface area contributed by atoms with Gasteiger partial charge in [-0.25, -0.2) is 0 Å². The molecule has 3 aromatic rings. The van der Waals surface area contributed by atoms with Crippen LogP contribution >= 0.6 is 0 Å². The molecule has 0 amide bonds. The van der Waals surface area contributed by atoms with Crippen molar-refractivity contribution in [3.63, 3.8) is 0 Å². The summed E-state index contributed by atoms with van der Waals surface area (Å²) in [6.07, 6.45) is -8.88. The van der Waals surface area contributed by atoms with Gasteiger partial charge in [-0.3, -0.25) is 0 Å². The Balaban J connectivity index is 1.94. The zero-order valence-corrected chi connectivity index (χ0v) is 17.7. The first-order chi connectivity index (χ1) is 14.4. The molecule has 1 aliphatic heterocycles. The van der Waals surface area contributed by atoms with Crippen molar-refractivity contribution in [3.05, 3.63) is 101 Å². The van der Waals surface area contributed by atoms with E-state index in [1.807, 2.05) is 24.3 Å². The fourth-order valence-corrected chi connectivity index (χ4v) is 7.74. The summed E-state index contributed by atoms with van der Waals surface area (Å²) in [6.45, 7) is 4.21. The summed E-state index contributed by atoms with van der Waals surface area (Å²) in [6, 6.07) is 17.7. The van der Waals surface area contributed by atoms with E-state index in [0.717, 1.165) is 45.8 Å². The topological polar surface area (TPSA) is 0 Å². The highest BCUT2D eigenvalue weighted by Crippen LogP contribution is 2.44. The van der Waals surface area contributed by atoms with Crippen LogP contribution in [0.2, 0.25) is 13.1 Å². The Morgan fingerprint density at radius 1 is 0.581 bits per heavy atom. The zero-order valence-electron chi connectivity index (χ0n) is 16.7. The van der Waals surface area contributed by atoms with Gasteiger partial charge in [-0.1, -0.05) is 61.6 Å². The normalized spacial score (nSPS) is 15.9. The number of halogens is 6. The van der Waals surface area contributed by atoms with Gasteiger partial charge in [-0.15, -0.1) is 0 Å².